The van der Waals surface area contributed by atoms with E-state index in [0.717, 1.165) is 42.9 Å². The zero-order valence-electron chi connectivity index (χ0n) is 20.6. The molecule has 5 rings (SSSR count). The lowest BCUT2D eigenvalue weighted by Crippen LogP contribution is -2.50. The normalized spacial score (nSPS) is 20.7. The first-order chi connectivity index (χ1) is 17.3. The number of aromatic nitrogens is 3. The third kappa shape index (κ3) is 5.16. The summed E-state index contributed by atoms with van der Waals surface area (Å²) >= 11 is -2.47. The van der Waals surface area contributed by atoms with Gasteiger partial charge in [-0.1, -0.05) is 6.07 Å². The molecule has 3 atom stereocenters. The number of likely N-dealkylation sites (tertiary alicyclic amines) is 1. The second kappa shape index (κ2) is 10.0. The van der Waals surface area contributed by atoms with Gasteiger partial charge < -0.3 is 14.8 Å². The summed E-state index contributed by atoms with van der Waals surface area (Å²) in [6.45, 7) is 8.36. The minimum Gasteiger partial charge on any atom is -0.767 e. The second-order valence-electron chi connectivity index (χ2n) is 9.72. The number of aryl methyl sites for hydroxylation is 2. The van der Waals surface area contributed by atoms with E-state index < -0.39 is 11.1 Å². The Bertz CT molecular complexity index is 1310. The standard InChI is InChI=1S/C26H30N6O3S/c1-16-8-17(2)10-21(9-16)29-26-28-13-20-14-31(15-23(20)30-26)22-5-7-32(18(3)11-22)25(33)19-4-6-27-24(12-19)36(34)35/h4,6,8-10,12-13,18,22H,5,7,11,14-15H2,1-3H3,(H,34,35)(H,28,29,30)/p-1/t18-,22-/m1/s1. The summed E-state index contributed by atoms with van der Waals surface area (Å²) in [5.74, 6) is 0.442. The summed E-state index contributed by atoms with van der Waals surface area (Å²) in [6.07, 6.45) is 4.96. The first kappa shape index (κ1) is 24.5. The van der Waals surface area contributed by atoms with Crippen LogP contribution in [-0.2, 0) is 24.2 Å². The number of anilines is 2. The molecule has 0 bridgehead atoms. The van der Waals surface area contributed by atoms with E-state index in [1.807, 2.05) is 18.0 Å². The lowest BCUT2D eigenvalue weighted by molar-refractivity contribution is 0.0460. The molecule has 2 aromatic heterocycles. The third-order valence-electron chi connectivity index (χ3n) is 6.94. The van der Waals surface area contributed by atoms with Crippen LogP contribution in [0.15, 0.2) is 47.8 Å². The Morgan fingerprint density at radius 1 is 1.14 bits per heavy atom. The van der Waals surface area contributed by atoms with E-state index in [0.29, 0.717) is 24.1 Å². The molecular formula is C26H29N6O3S-. The van der Waals surface area contributed by atoms with Gasteiger partial charge in [0.05, 0.1) is 5.69 Å². The zero-order chi connectivity index (χ0) is 25.4. The largest absolute Gasteiger partial charge is 0.767 e. The number of fused-ring (bicyclic) bond motifs is 1. The summed E-state index contributed by atoms with van der Waals surface area (Å²) in [4.78, 5) is 30.5. The Kier molecular flexibility index (Phi) is 6.83. The molecule has 9 nitrogen and oxygen atoms in total. The Balaban J connectivity index is 1.22. The molecule has 1 N–H and O–H groups in total. The molecule has 10 heteroatoms. The van der Waals surface area contributed by atoms with Crippen LogP contribution < -0.4 is 5.32 Å². The highest BCUT2D eigenvalue weighted by atomic mass is 32.2. The van der Waals surface area contributed by atoms with Gasteiger partial charge in [-0.05, 0) is 80.1 Å². The number of hydrogen-bond acceptors (Lipinski definition) is 8. The molecule has 1 saturated heterocycles. The summed E-state index contributed by atoms with van der Waals surface area (Å²) < 4.78 is 22.5. The van der Waals surface area contributed by atoms with E-state index in [9.17, 15) is 13.6 Å². The maximum atomic E-state index is 13.1. The van der Waals surface area contributed by atoms with Crippen molar-refractivity contribution >= 4 is 28.6 Å². The average Bonchev–Trinajstić information content (AvgIpc) is 3.26. The van der Waals surface area contributed by atoms with E-state index in [2.05, 4.69) is 52.2 Å². The summed E-state index contributed by atoms with van der Waals surface area (Å²) in [7, 11) is 0. The molecule has 1 fully saturated rings. The molecule has 3 aromatic rings. The quantitative estimate of drug-likeness (QED) is 0.524. The highest BCUT2D eigenvalue weighted by Crippen LogP contribution is 2.31. The Morgan fingerprint density at radius 3 is 2.64 bits per heavy atom. The Labute approximate surface area is 213 Å². The summed E-state index contributed by atoms with van der Waals surface area (Å²) in [5.41, 5.74) is 5.89. The highest BCUT2D eigenvalue weighted by Gasteiger charge is 2.35. The van der Waals surface area contributed by atoms with Gasteiger partial charge in [-0.3, -0.25) is 13.9 Å². The number of nitrogens with one attached hydrogen (secondary N) is 1. The van der Waals surface area contributed by atoms with Crippen LogP contribution in [0.25, 0.3) is 0 Å². The van der Waals surface area contributed by atoms with Crippen molar-refractivity contribution in [3.63, 3.8) is 0 Å². The van der Waals surface area contributed by atoms with Gasteiger partial charge in [0, 0.05) is 60.9 Å². The minimum atomic E-state index is -2.47. The summed E-state index contributed by atoms with van der Waals surface area (Å²) in [5, 5.41) is 3.21. The van der Waals surface area contributed by atoms with Gasteiger partial charge >= 0.3 is 0 Å². The number of benzene rings is 1. The fourth-order valence-corrected chi connectivity index (χ4v) is 5.62. The van der Waals surface area contributed by atoms with Gasteiger partial charge in [0.1, 0.15) is 5.03 Å². The van der Waals surface area contributed by atoms with Crippen LogP contribution in [0.2, 0.25) is 0 Å². The number of rotatable bonds is 5. The van der Waals surface area contributed by atoms with Gasteiger partial charge in [0.25, 0.3) is 5.91 Å². The number of piperidine rings is 1. The van der Waals surface area contributed by atoms with Crippen LogP contribution in [0.5, 0.6) is 0 Å². The number of carbonyl (C=O) groups is 1. The van der Waals surface area contributed by atoms with Gasteiger partial charge in [0.15, 0.2) is 0 Å². The maximum Gasteiger partial charge on any atom is 0.254 e. The molecule has 0 saturated carbocycles. The van der Waals surface area contributed by atoms with Crippen molar-refractivity contribution in [2.75, 3.05) is 11.9 Å². The van der Waals surface area contributed by atoms with E-state index in [1.165, 1.54) is 23.4 Å². The molecule has 1 amide bonds. The van der Waals surface area contributed by atoms with Crippen molar-refractivity contribution in [2.24, 2.45) is 0 Å². The van der Waals surface area contributed by atoms with Crippen LogP contribution >= 0.6 is 0 Å². The predicted molar refractivity (Wildman–Crippen MR) is 135 cm³/mol. The molecule has 0 aliphatic carbocycles. The van der Waals surface area contributed by atoms with E-state index in [4.69, 9.17) is 4.98 Å². The van der Waals surface area contributed by atoms with E-state index in [1.54, 1.807) is 6.07 Å². The molecule has 1 aromatic carbocycles. The van der Waals surface area contributed by atoms with Crippen molar-refractivity contribution in [1.82, 2.24) is 24.8 Å². The average molecular weight is 506 g/mol. The highest BCUT2D eigenvalue weighted by molar-refractivity contribution is 7.79. The van der Waals surface area contributed by atoms with Gasteiger partial charge in [-0.2, -0.15) is 0 Å². The van der Waals surface area contributed by atoms with Crippen molar-refractivity contribution in [1.29, 1.82) is 0 Å². The molecule has 2 aliphatic heterocycles. The monoisotopic (exact) mass is 505 g/mol. The van der Waals surface area contributed by atoms with Crippen LogP contribution in [0, 0.1) is 13.8 Å². The molecule has 0 spiro atoms. The lowest BCUT2D eigenvalue weighted by atomic mass is 9.96. The first-order valence-electron chi connectivity index (χ1n) is 12.1. The van der Waals surface area contributed by atoms with Gasteiger partial charge in [-0.15, -0.1) is 0 Å². The fourth-order valence-electron chi connectivity index (χ4n) is 5.25. The third-order valence-corrected chi connectivity index (χ3v) is 7.50. The predicted octanol–water partition coefficient (Wildman–Crippen LogP) is 3.48. The molecule has 0 radical (unpaired) electrons. The zero-order valence-corrected chi connectivity index (χ0v) is 21.4. The van der Waals surface area contributed by atoms with Crippen LogP contribution in [0.4, 0.5) is 11.6 Å². The molecule has 2 aliphatic rings. The number of amides is 1. The van der Waals surface area contributed by atoms with Gasteiger partial charge in [0.2, 0.25) is 5.95 Å². The Morgan fingerprint density at radius 2 is 1.92 bits per heavy atom. The topological polar surface area (TPSA) is 114 Å². The molecule has 4 heterocycles. The molecule has 188 valence electrons. The number of pyridine rings is 1. The fraction of sp³-hybridized carbons (Fsp3) is 0.385. The molecule has 36 heavy (non-hydrogen) atoms. The molecular weight excluding hydrogens is 476 g/mol. The second-order valence-corrected chi connectivity index (χ2v) is 10.6. The van der Waals surface area contributed by atoms with Gasteiger partial charge in [-0.25, -0.2) is 15.0 Å². The van der Waals surface area contributed by atoms with Crippen LogP contribution in [0.1, 0.15) is 52.5 Å². The first-order valence-corrected chi connectivity index (χ1v) is 13.1. The Hall–Kier alpha value is -3.21. The van der Waals surface area contributed by atoms with Crippen LogP contribution in [-0.4, -0.2) is 58.0 Å². The van der Waals surface area contributed by atoms with Crippen molar-refractivity contribution in [3.8, 4) is 0 Å². The number of carbonyl (C=O) groups excluding carboxylic acids is 1. The van der Waals surface area contributed by atoms with Crippen molar-refractivity contribution in [2.45, 2.75) is 63.8 Å². The SMILES string of the molecule is Cc1cc(C)cc(Nc2ncc3c(n2)CN([C@@H]2CCN(C(=O)c4ccnc(S(=O)[O-])c4)[C@H](C)C2)C3)c1. The summed E-state index contributed by atoms with van der Waals surface area (Å²) in [6, 6.07) is 9.56. The molecule has 1 unspecified atom stereocenters. The maximum absolute atomic E-state index is 13.1. The van der Waals surface area contributed by atoms with Crippen LogP contribution in [0.3, 0.4) is 0 Å². The van der Waals surface area contributed by atoms with Crippen molar-refractivity contribution in [3.05, 3.63) is 70.7 Å². The van der Waals surface area contributed by atoms with Crippen molar-refractivity contribution < 1.29 is 13.6 Å². The minimum absolute atomic E-state index is 0.0298. The number of hydrogen-bond donors (Lipinski definition) is 1. The van der Waals surface area contributed by atoms with E-state index >= 15 is 0 Å². The smallest absolute Gasteiger partial charge is 0.254 e. The number of nitrogens with zero attached hydrogens (tertiary/aromatic N) is 5. The lowest BCUT2D eigenvalue weighted by Gasteiger charge is -2.41. The van der Waals surface area contributed by atoms with E-state index in [-0.39, 0.29) is 17.0 Å².